The Hall–Kier alpha value is 0.648. The maximum absolute atomic E-state index is 9.26. The number of nitrogens with two attached hydrogens (primary N) is 1. The van der Waals surface area contributed by atoms with Crippen LogP contribution in [-0.2, 0) is 71.6 Å². The molecule has 0 unspecified atom stereocenters. The maximum atomic E-state index is 9.26. The minimum absolute atomic E-state index is 0. The van der Waals surface area contributed by atoms with E-state index in [1.165, 1.54) is 0 Å². The van der Waals surface area contributed by atoms with Crippen molar-refractivity contribution < 1.29 is 26.5 Å². The van der Waals surface area contributed by atoms with E-state index in [-0.39, 0.29) is 38.3 Å². The van der Waals surface area contributed by atoms with Crippen molar-refractivity contribution >= 4 is 117 Å². The molecule has 0 atom stereocenters. The van der Waals surface area contributed by atoms with Crippen LogP contribution in [0.1, 0.15) is 0 Å². The second kappa shape index (κ2) is 28.8. The van der Waals surface area contributed by atoms with Crippen molar-refractivity contribution in [3.63, 3.8) is 0 Å². The van der Waals surface area contributed by atoms with E-state index in [1.54, 1.807) is 0 Å². The van der Waals surface area contributed by atoms with Crippen LogP contribution in [-0.4, -0.2) is 17.3 Å². The van der Waals surface area contributed by atoms with E-state index in [9.17, 15) is 5.21 Å². The Morgan fingerprint density at radius 1 is 0.762 bits per heavy atom. The van der Waals surface area contributed by atoms with Gasteiger partial charge in [-0.15, -0.1) is 14.7 Å². The summed E-state index contributed by atoms with van der Waals surface area (Å²) in [6, 6.07) is 0. The van der Waals surface area contributed by atoms with E-state index in [0.717, 1.165) is 0 Å². The van der Waals surface area contributed by atoms with E-state index in [4.69, 9.17) is 14.7 Å². The van der Waals surface area contributed by atoms with Crippen LogP contribution in [0, 0.1) is 19.9 Å². The number of quaternary nitrogens is 1. The van der Waals surface area contributed by atoms with E-state index >= 15 is 0 Å². The summed E-state index contributed by atoms with van der Waals surface area (Å²) < 4.78 is -0.787. The van der Waals surface area contributed by atoms with E-state index in [2.05, 4.69) is 115 Å². The van der Waals surface area contributed by atoms with Crippen molar-refractivity contribution in [3.8, 4) is 0 Å². The number of nitrogens with zero attached hydrogens (tertiary/aromatic N) is 3. The second-order valence-corrected chi connectivity index (χ2v) is 5.74. The Morgan fingerprint density at radius 2 is 0.857 bits per heavy atom. The molecular formula is C4H2MoN4O4S8. The normalized spacial score (nSPS) is 6.33. The first-order valence-electron chi connectivity index (χ1n) is 3.38. The average molecular weight is 523 g/mol. The summed E-state index contributed by atoms with van der Waals surface area (Å²) >= 11 is 32.5. The fourth-order valence-electron chi connectivity index (χ4n) is 0. The van der Waals surface area contributed by atoms with Crippen LogP contribution < -0.4 is 5.48 Å². The minimum atomic E-state index is -0.259. The average Bonchev–Trinajstić information content (AvgIpc) is 2.40. The smallest absolute Gasteiger partial charge is 0.631 e. The summed E-state index contributed by atoms with van der Waals surface area (Å²) in [4.78, 5) is 27.0. The molecule has 0 rings (SSSR count). The van der Waals surface area contributed by atoms with Gasteiger partial charge in [-0.3, -0.25) is 0 Å². The zero-order valence-electron chi connectivity index (χ0n) is 9.23. The van der Waals surface area contributed by atoms with Crippen molar-refractivity contribution in [2.24, 2.45) is 15.5 Å². The Bertz CT molecular complexity index is 325. The molecule has 0 aromatic heterocycles. The standard InChI is InChI=1S/CH3NOS2.3CHNOS2.Mo/c4*3-2-1(4)5;/h2H2,(H,4,5);3*(H,4,5);/q;;;;+4/p-4. The molecule has 8 nitrogen and oxygen atoms in total. The molecule has 0 aromatic rings. The number of nitroso groups, excluding NO2 is 3. The monoisotopic (exact) mass is 524 g/mol. The SMILES string of the molecule is O=NC(=S)[S-].O=NC(=S)[S-].O=NC(=S)[S-].[Mo+4].[O-][NH2+]C(=S)[S-]. The molecule has 0 heterocycles. The summed E-state index contributed by atoms with van der Waals surface area (Å²) in [5.74, 6) is 0. The predicted octanol–water partition coefficient (Wildman–Crippen LogP) is 0.631. The second-order valence-electron chi connectivity index (χ2n) is 1.51. The fraction of sp³-hybridized carbons (Fsp3) is 0. The zero-order chi connectivity index (χ0) is 17.1. The Balaban J connectivity index is -0.0000000533. The van der Waals surface area contributed by atoms with Gasteiger partial charge in [-0.2, -0.15) is 0 Å². The molecule has 0 aliphatic rings. The molecule has 0 saturated heterocycles. The summed E-state index contributed by atoms with van der Waals surface area (Å²) in [6.45, 7) is 0. The topological polar surface area (TPSA) is 128 Å². The molecule has 0 aromatic carbocycles. The molecule has 0 radical (unpaired) electrons. The molecule has 0 fully saturated rings. The van der Waals surface area contributed by atoms with Gasteiger partial charge in [0, 0.05) is 17.3 Å². The predicted molar refractivity (Wildman–Crippen MR) is 103 cm³/mol. The molecule has 0 bridgehead atoms. The summed E-state index contributed by atoms with van der Waals surface area (Å²) in [5.41, 5.74) is 0.463. The first kappa shape index (κ1) is 33.3. The number of hydrogen-bond donors (Lipinski definition) is 1. The largest absolute Gasteiger partial charge is 4.00 e. The quantitative estimate of drug-likeness (QED) is 0.158. The number of rotatable bonds is 0. The Morgan fingerprint density at radius 3 is 0.857 bits per heavy atom. The van der Waals surface area contributed by atoms with Crippen molar-refractivity contribution in [2.45, 2.75) is 0 Å². The first-order valence-corrected chi connectivity index (χ1v) is 6.64. The van der Waals surface area contributed by atoms with Gasteiger partial charge >= 0.3 is 21.1 Å². The van der Waals surface area contributed by atoms with Crippen LogP contribution in [0.4, 0.5) is 0 Å². The van der Waals surface area contributed by atoms with Crippen molar-refractivity contribution in [2.75, 3.05) is 0 Å². The summed E-state index contributed by atoms with van der Waals surface area (Å²) in [6.07, 6.45) is 0. The van der Waals surface area contributed by atoms with Crippen LogP contribution in [0.15, 0.2) is 15.5 Å². The third-order valence-corrected chi connectivity index (χ3v) is 0.959. The van der Waals surface area contributed by atoms with Gasteiger partial charge in [-0.1, -0.05) is 15.5 Å². The molecular weight excluding hydrogens is 521 g/mol. The fourth-order valence-corrected chi connectivity index (χ4v) is 0. The molecule has 21 heavy (non-hydrogen) atoms. The molecule has 2 N–H and O–H groups in total. The third-order valence-electron chi connectivity index (χ3n) is 0.320. The van der Waals surface area contributed by atoms with Crippen LogP contribution in [0.2, 0.25) is 0 Å². The van der Waals surface area contributed by atoms with Gasteiger partial charge in [-0.05, 0) is 0 Å². The van der Waals surface area contributed by atoms with E-state index in [1.807, 2.05) is 0 Å². The molecule has 17 heteroatoms. The summed E-state index contributed by atoms with van der Waals surface area (Å²) in [7, 11) is 0. The van der Waals surface area contributed by atoms with Gasteiger partial charge in [0.15, 0.2) is 0 Å². The molecule has 0 saturated carbocycles. The number of hydroxylamine groups is 1. The van der Waals surface area contributed by atoms with Gasteiger partial charge < -0.3 is 110 Å². The Labute approximate surface area is 177 Å². The van der Waals surface area contributed by atoms with Gasteiger partial charge in [0.25, 0.3) is 0 Å². The van der Waals surface area contributed by atoms with Gasteiger partial charge in [0.2, 0.25) is 0 Å². The maximum Gasteiger partial charge on any atom is 4.00 e. The molecule has 0 aliphatic heterocycles. The van der Waals surface area contributed by atoms with Crippen LogP contribution in [0.3, 0.4) is 0 Å². The van der Waals surface area contributed by atoms with Gasteiger partial charge in [0.05, 0.1) is 0 Å². The molecule has 0 spiro atoms. The van der Waals surface area contributed by atoms with Crippen molar-refractivity contribution in [1.82, 2.24) is 0 Å². The zero-order valence-corrected chi connectivity index (χ0v) is 17.8. The Kier molecular flexibility index (Phi) is 45.6. The number of thiocarbonyl (C=S) groups is 4. The van der Waals surface area contributed by atoms with Crippen molar-refractivity contribution in [1.29, 1.82) is 0 Å². The number of hydrogen-bond acceptors (Lipinski definition) is 12. The van der Waals surface area contributed by atoms with Crippen LogP contribution >= 0.6 is 48.9 Å². The molecule has 0 aliphatic carbocycles. The van der Waals surface area contributed by atoms with Gasteiger partial charge in [0.1, 0.15) is 0 Å². The molecule has 0 amide bonds. The van der Waals surface area contributed by atoms with Crippen LogP contribution in [0.5, 0.6) is 0 Å². The van der Waals surface area contributed by atoms with Gasteiger partial charge in [-0.25, -0.2) is 0 Å². The minimum Gasteiger partial charge on any atom is -0.631 e. The third kappa shape index (κ3) is 96.0. The molecule has 116 valence electrons. The van der Waals surface area contributed by atoms with E-state index < -0.39 is 0 Å². The first-order chi connectivity index (χ1) is 9.08. The summed E-state index contributed by atoms with van der Waals surface area (Å²) in [5, 5.41) is 15.8. The van der Waals surface area contributed by atoms with E-state index in [0.29, 0.717) is 5.48 Å². The van der Waals surface area contributed by atoms with Crippen LogP contribution in [0.25, 0.3) is 0 Å². The van der Waals surface area contributed by atoms with Crippen molar-refractivity contribution in [3.05, 3.63) is 19.9 Å².